The van der Waals surface area contributed by atoms with Crippen molar-refractivity contribution in [2.75, 3.05) is 20.8 Å². The fourth-order valence-corrected chi connectivity index (χ4v) is 2.29. The van der Waals surface area contributed by atoms with Gasteiger partial charge in [0.2, 0.25) is 0 Å². The van der Waals surface area contributed by atoms with Gasteiger partial charge in [-0.05, 0) is 43.4 Å². The van der Waals surface area contributed by atoms with Crippen molar-refractivity contribution in [2.45, 2.75) is 32.0 Å². The smallest absolute Gasteiger partial charge is 0.122 e. The lowest BCUT2D eigenvalue weighted by molar-refractivity contribution is -0.0463. The van der Waals surface area contributed by atoms with Crippen molar-refractivity contribution in [3.8, 4) is 11.5 Å². The lowest BCUT2D eigenvalue weighted by atomic mass is 10.0. The van der Waals surface area contributed by atoms with Crippen LogP contribution in [0.1, 0.15) is 31.4 Å². The summed E-state index contributed by atoms with van der Waals surface area (Å²) in [4.78, 5) is 0. The largest absolute Gasteiger partial charge is 0.497 e. The summed E-state index contributed by atoms with van der Waals surface area (Å²) in [5.74, 6) is 1.83. The number of hydrogen-bond acceptors (Lipinski definition) is 4. The zero-order valence-electron chi connectivity index (χ0n) is 11.8. The summed E-state index contributed by atoms with van der Waals surface area (Å²) in [5.41, 5.74) is 0.779. The molecule has 2 rings (SSSR count). The van der Waals surface area contributed by atoms with E-state index in [1.54, 1.807) is 20.3 Å². The van der Waals surface area contributed by atoms with E-state index in [2.05, 4.69) is 0 Å². The van der Waals surface area contributed by atoms with Crippen LogP contribution in [0.3, 0.4) is 0 Å². The molecule has 1 aromatic rings. The molecule has 4 heteroatoms. The molecule has 2 unspecified atom stereocenters. The van der Waals surface area contributed by atoms with E-state index in [1.807, 2.05) is 19.1 Å². The standard InChI is InChI=1S/C15H22O4/c1-4-19-15(10-5-6-10)14(16)11-7-12(17-2)9-13(8-11)18-3/h7-10,14-16H,4-6H2,1-3H3. The van der Waals surface area contributed by atoms with Crippen LogP contribution in [0.25, 0.3) is 0 Å². The second-order valence-corrected chi connectivity index (χ2v) is 4.85. The van der Waals surface area contributed by atoms with E-state index in [9.17, 15) is 5.11 Å². The minimum absolute atomic E-state index is 0.137. The molecule has 1 fully saturated rings. The van der Waals surface area contributed by atoms with Crippen molar-refractivity contribution in [2.24, 2.45) is 5.92 Å². The highest BCUT2D eigenvalue weighted by molar-refractivity contribution is 5.39. The van der Waals surface area contributed by atoms with Crippen LogP contribution in [0, 0.1) is 5.92 Å². The highest BCUT2D eigenvalue weighted by atomic mass is 16.5. The molecule has 1 aliphatic carbocycles. The first-order chi connectivity index (χ1) is 9.19. The predicted molar refractivity (Wildman–Crippen MR) is 72.6 cm³/mol. The Morgan fingerprint density at radius 3 is 2.16 bits per heavy atom. The molecule has 2 atom stereocenters. The molecular formula is C15H22O4. The number of benzene rings is 1. The first-order valence-electron chi connectivity index (χ1n) is 6.72. The summed E-state index contributed by atoms with van der Waals surface area (Å²) in [5, 5.41) is 10.5. The Labute approximate surface area is 114 Å². The molecule has 4 nitrogen and oxygen atoms in total. The molecule has 1 N–H and O–H groups in total. The van der Waals surface area contributed by atoms with Gasteiger partial charge in [-0.1, -0.05) is 0 Å². The summed E-state index contributed by atoms with van der Waals surface area (Å²) >= 11 is 0. The van der Waals surface area contributed by atoms with Gasteiger partial charge in [0, 0.05) is 12.7 Å². The van der Waals surface area contributed by atoms with Gasteiger partial charge < -0.3 is 19.3 Å². The molecule has 0 heterocycles. The van der Waals surface area contributed by atoms with Crippen LogP contribution in [0.5, 0.6) is 11.5 Å². The number of ether oxygens (including phenoxy) is 3. The van der Waals surface area contributed by atoms with Crippen LogP contribution in [0.15, 0.2) is 18.2 Å². The van der Waals surface area contributed by atoms with E-state index < -0.39 is 6.10 Å². The summed E-state index contributed by atoms with van der Waals surface area (Å²) in [7, 11) is 3.21. The Morgan fingerprint density at radius 2 is 1.74 bits per heavy atom. The molecule has 106 valence electrons. The highest BCUT2D eigenvalue weighted by Crippen LogP contribution is 2.41. The number of aliphatic hydroxyl groups excluding tert-OH is 1. The third-order valence-electron chi connectivity index (χ3n) is 3.47. The van der Waals surface area contributed by atoms with Crippen molar-refractivity contribution < 1.29 is 19.3 Å². The van der Waals surface area contributed by atoms with E-state index in [1.165, 1.54) is 0 Å². The Hall–Kier alpha value is -1.26. The van der Waals surface area contributed by atoms with Gasteiger partial charge in [0.25, 0.3) is 0 Å². The van der Waals surface area contributed by atoms with Gasteiger partial charge in [-0.2, -0.15) is 0 Å². The van der Waals surface area contributed by atoms with Gasteiger partial charge in [0.1, 0.15) is 17.6 Å². The summed E-state index contributed by atoms with van der Waals surface area (Å²) < 4.78 is 16.2. The van der Waals surface area contributed by atoms with Crippen LogP contribution in [0.2, 0.25) is 0 Å². The summed E-state index contributed by atoms with van der Waals surface area (Å²) in [6.45, 7) is 2.56. The SMILES string of the molecule is CCOC(C1CC1)C(O)c1cc(OC)cc(OC)c1. The van der Waals surface area contributed by atoms with Gasteiger partial charge in [-0.3, -0.25) is 0 Å². The number of methoxy groups -OCH3 is 2. The third kappa shape index (κ3) is 3.39. The maximum absolute atomic E-state index is 10.5. The van der Waals surface area contributed by atoms with Gasteiger partial charge in [-0.25, -0.2) is 0 Å². The normalized spacial score (nSPS) is 17.9. The van der Waals surface area contributed by atoms with Gasteiger partial charge >= 0.3 is 0 Å². The van der Waals surface area contributed by atoms with Gasteiger partial charge in [0.05, 0.1) is 20.3 Å². The van der Waals surface area contributed by atoms with Crippen molar-refractivity contribution in [1.29, 1.82) is 0 Å². The van der Waals surface area contributed by atoms with Crippen molar-refractivity contribution in [3.63, 3.8) is 0 Å². The summed E-state index contributed by atoms with van der Waals surface area (Å²) in [6.07, 6.45) is 1.48. The minimum atomic E-state index is -0.642. The van der Waals surface area contributed by atoms with E-state index >= 15 is 0 Å². The van der Waals surface area contributed by atoms with Gasteiger partial charge in [-0.15, -0.1) is 0 Å². The van der Waals surface area contributed by atoms with Crippen LogP contribution >= 0.6 is 0 Å². The lowest BCUT2D eigenvalue weighted by Gasteiger charge is -2.23. The van der Waals surface area contributed by atoms with Crippen LogP contribution in [0.4, 0.5) is 0 Å². The number of aliphatic hydroxyl groups is 1. The van der Waals surface area contributed by atoms with E-state index in [-0.39, 0.29) is 6.10 Å². The second-order valence-electron chi connectivity index (χ2n) is 4.85. The Balaban J connectivity index is 2.22. The third-order valence-corrected chi connectivity index (χ3v) is 3.47. The lowest BCUT2D eigenvalue weighted by Crippen LogP contribution is -2.24. The zero-order valence-corrected chi connectivity index (χ0v) is 11.8. The average Bonchev–Trinajstić information content (AvgIpc) is 3.27. The molecule has 1 aromatic carbocycles. The molecule has 0 spiro atoms. The van der Waals surface area contributed by atoms with E-state index in [0.717, 1.165) is 18.4 Å². The maximum atomic E-state index is 10.5. The quantitative estimate of drug-likeness (QED) is 0.824. The van der Waals surface area contributed by atoms with E-state index in [4.69, 9.17) is 14.2 Å². The molecule has 19 heavy (non-hydrogen) atoms. The maximum Gasteiger partial charge on any atom is 0.122 e. The first kappa shape index (κ1) is 14.2. The Bertz CT molecular complexity index is 392. The topological polar surface area (TPSA) is 47.9 Å². The van der Waals surface area contributed by atoms with Crippen LogP contribution in [-0.4, -0.2) is 32.0 Å². The predicted octanol–water partition coefficient (Wildman–Crippen LogP) is 2.55. The second kappa shape index (κ2) is 6.26. The molecule has 0 bridgehead atoms. The van der Waals surface area contributed by atoms with Crippen molar-refractivity contribution in [1.82, 2.24) is 0 Å². The molecule has 0 amide bonds. The van der Waals surface area contributed by atoms with Crippen LogP contribution in [-0.2, 0) is 4.74 Å². The molecule has 0 aromatic heterocycles. The molecule has 0 radical (unpaired) electrons. The van der Waals surface area contributed by atoms with E-state index in [0.29, 0.717) is 24.0 Å². The van der Waals surface area contributed by atoms with Gasteiger partial charge in [0.15, 0.2) is 0 Å². The Morgan fingerprint density at radius 1 is 1.16 bits per heavy atom. The molecular weight excluding hydrogens is 244 g/mol. The zero-order chi connectivity index (χ0) is 13.8. The monoisotopic (exact) mass is 266 g/mol. The number of hydrogen-bond donors (Lipinski definition) is 1. The van der Waals surface area contributed by atoms with Crippen molar-refractivity contribution >= 4 is 0 Å². The fourth-order valence-electron chi connectivity index (χ4n) is 2.29. The molecule has 0 aliphatic heterocycles. The first-order valence-corrected chi connectivity index (χ1v) is 6.72. The summed E-state index contributed by atoms with van der Waals surface area (Å²) in [6, 6.07) is 5.46. The molecule has 1 saturated carbocycles. The molecule has 1 aliphatic rings. The minimum Gasteiger partial charge on any atom is -0.497 e. The Kier molecular flexibility index (Phi) is 4.66. The van der Waals surface area contributed by atoms with Crippen molar-refractivity contribution in [3.05, 3.63) is 23.8 Å². The fraction of sp³-hybridized carbons (Fsp3) is 0.600. The van der Waals surface area contributed by atoms with Crippen LogP contribution < -0.4 is 9.47 Å². The highest BCUT2D eigenvalue weighted by Gasteiger charge is 2.37. The average molecular weight is 266 g/mol. The number of rotatable bonds is 7. The molecule has 0 saturated heterocycles.